The largest absolute Gasteiger partial charge is 0.391 e. The molecular weight excluding hydrogens is 506 g/mol. The van der Waals surface area contributed by atoms with E-state index in [9.17, 15) is 19.5 Å². The van der Waals surface area contributed by atoms with Crippen molar-refractivity contribution in [2.45, 2.75) is 64.9 Å². The molecule has 2 aromatic rings. The van der Waals surface area contributed by atoms with Crippen LogP contribution in [0.3, 0.4) is 0 Å². The number of likely N-dealkylation sites (tertiary alicyclic amines) is 1. The third kappa shape index (κ3) is 6.58. The molecule has 3 amide bonds. The summed E-state index contributed by atoms with van der Waals surface area (Å²) >= 11 is 1.58. The van der Waals surface area contributed by atoms with Crippen molar-refractivity contribution in [2.24, 2.45) is 5.41 Å². The van der Waals surface area contributed by atoms with Gasteiger partial charge in [0.15, 0.2) is 0 Å². The molecular formula is C27H37N5O5S. The van der Waals surface area contributed by atoms with Crippen molar-refractivity contribution in [3.63, 3.8) is 0 Å². The highest BCUT2D eigenvalue weighted by Gasteiger charge is 2.45. The maximum Gasteiger partial charge on any atom is 0.246 e. The van der Waals surface area contributed by atoms with Gasteiger partial charge in [0.2, 0.25) is 17.7 Å². The van der Waals surface area contributed by atoms with Gasteiger partial charge in [-0.05, 0) is 23.5 Å². The van der Waals surface area contributed by atoms with Gasteiger partial charge in [-0.3, -0.25) is 14.4 Å². The molecule has 2 aliphatic heterocycles. The molecule has 4 rings (SSSR count). The Labute approximate surface area is 227 Å². The zero-order valence-electron chi connectivity index (χ0n) is 22.3. The van der Waals surface area contributed by atoms with Gasteiger partial charge in [0.05, 0.1) is 35.4 Å². The van der Waals surface area contributed by atoms with Gasteiger partial charge in [-0.1, -0.05) is 45.0 Å². The van der Waals surface area contributed by atoms with Gasteiger partial charge in [0.25, 0.3) is 0 Å². The average molecular weight is 544 g/mol. The number of ether oxygens (including phenoxy) is 1. The van der Waals surface area contributed by atoms with Crippen LogP contribution in [0.2, 0.25) is 0 Å². The first-order valence-electron chi connectivity index (χ1n) is 12.9. The van der Waals surface area contributed by atoms with Gasteiger partial charge >= 0.3 is 0 Å². The Hall–Kier alpha value is -2.86. The second-order valence-corrected chi connectivity index (χ2v) is 11.8. The molecule has 3 heterocycles. The number of morpholine rings is 1. The molecule has 0 spiro atoms. The van der Waals surface area contributed by atoms with E-state index in [4.69, 9.17) is 4.74 Å². The Bertz CT molecular complexity index is 1140. The lowest BCUT2D eigenvalue weighted by Gasteiger charge is -2.36. The number of carbonyl (C=O) groups excluding carboxylic acids is 3. The fraction of sp³-hybridized carbons (Fsp3) is 0.556. The molecule has 4 atom stereocenters. The highest BCUT2D eigenvalue weighted by Crippen LogP contribution is 2.28. The minimum Gasteiger partial charge on any atom is -0.391 e. The number of hydrogen-bond acceptors (Lipinski definition) is 8. The zero-order chi connectivity index (χ0) is 27.4. The number of amides is 3. The molecule has 1 unspecified atom stereocenters. The van der Waals surface area contributed by atoms with Crippen LogP contribution in [0.1, 0.15) is 38.4 Å². The van der Waals surface area contributed by atoms with E-state index in [0.717, 1.165) is 21.7 Å². The second kappa shape index (κ2) is 11.9. The number of rotatable bonds is 7. The third-order valence-corrected chi connectivity index (χ3v) is 7.91. The summed E-state index contributed by atoms with van der Waals surface area (Å²) in [5.41, 5.74) is 4.17. The topological polar surface area (TPSA) is 133 Å². The molecule has 1 aromatic carbocycles. The molecule has 0 bridgehead atoms. The van der Waals surface area contributed by atoms with Crippen molar-refractivity contribution >= 4 is 29.1 Å². The summed E-state index contributed by atoms with van der Waals surface area (Å²) in [4.78, 5) is 46.5. The Morgan fingerprint density at radius 1 is 1.24 bits per heavy atom. The summed E-state index contributed by atoms with van der Waals surface area (Å²) in [6.45, 7) is 9.20. The van der Waals surface area contributed by atoms with E-state index >= 15 is 0 Å². The highest BCUT2D eigenvalue weighted by atomic mass is 32.1. The van der Waals surface area contributed by atoms with E-state index in [1.807, 2.05) is 57.5 Å². The number of benzene rings is 1. The number of aliphatic hydroxyl groups is 1. The number of aryl methyl sites for hydroxylation is 1. The number of nitrogens with zero attached hydrogens (tertiary/aromatic N) is 2. The predicted octanol–water partition coefficient (Wildman–Crippen LogP) is 1.22. The van der Waals surface area contributed by atoms with E-state index in [-0.39, 0.29) is 37.3 Å². The number of thiazole rings is 1. The SMILES string of the molecule is Cc1ncsc1-c1ccc(CNC(=O)[C@@H]2C[C@@H](O)CN2C(=O)[C@@H](NC(=O)C2COCCN2)C(C)(C)C)cc1. The summed E-state index contributed by atoms with van der Waals surface area (Å²) in [7, 11) is 0. The molecule has 38 heavy (non-hydrogen) atoms. The molecule has 1 aromatic heterocycles. The quantitative estimate of drug-likeness (QED) is 0.413. The molecule has 0 radical (unpaired) electrons. The highest BCUT2D eigenvalue weighted by molar-refractivity contribution is 7.13. The van der Waals surface area contributed by atoms with E-state index in [2.05, 4.69) is 20.9 Å². The summed E-state index contributed by atoms with van der Waals surface area (Å²) in [6.07, 6.45) is -0.675. The molecule has 2 aliphatic rings. The molecule has 2 fully saturated rings. The lowest BCUT2D eigenvalue weighted by molar-refractivity contribution is -0.144. The monoisotopic (exact) mass is 543 g/mol. The van der Waals surface area contributed by atoms with E-state index < -0.39 is 29.6 Å². The van der Waals surface area contributed by atoms with Crippen molar-refractivity contribution in [2.75, 3.05) is 26.3 Å². The van der Waals surface area contributed by atoms with E-state index in [1.165, 1.54) is 4.90 Å². The van der Waals surface area contributed by atoms with Crippen LogP contribution in [-0.2, 0) is 25.7 Å². The standard InChI is InChI=1S/C27H37N5O5S/c1-16-22(38-15-30-16)18-7-5-17(6-8-18)12-29-25(35)21-11-19(33)13-32(21)26(36)23(27(2,3)4)31-24(34)20-14-37-10-9-28-20/h5-8,15,19-21,23,28,33H,9-14H2,1-4H3,(H,29,35)(H,31,34)/t19-,20?,21+,23-/m1/s1. The van der Waals surface area contributed by atoms with Crippen molar-refractivity contribution in [1.29, 1.82) is 0 Å². The molecule has 206 valence electrons. The first-order valence-corrected chi connectivity index (χ1v) is 13.8. The number of hydrogen-bond donors (Lipinski definition) is 4. The Morgan fingerprint density at radius 2 is 1.97 bits per heavy atom. The van der Waals surface area contributed by atoms with Gasteiger partial charge in [-0.15, -0.1) is 11.3 Å². The fourth-order valence-electron chi connectivity index (χ4n) is 4.76. The minimum absolute atomic E-state index is 0.0348. The number of aromatic nitrogens is 1. The number of β-amino-alcohol motifs (C(OH)–C–C–N with tert-alkyl or cyclic N) is 1. The van der Waals surface area contributed by atoms with Crippen molar-refractivity contribution < 1.29 is 24.2 Å². The molecule has 10 nitrogen and oxygen atoms in total. The Balaban J connectivity index is 1.41. The summed E-state index contributed by atoms with van der Waals surface area (Å²) < 4.78 is 5.38. The van der Waals surface area contributed by atoms with Crippen LogP contribution < -0.4 is 16.0 Å². The fourth-order valence-corrected chi connectivity index (χ4v) is 5.57. The molecule has 0 aliphatic carbocycles. The summed E-state index contributed by atoms with van der Waals surface area (Å²) in [6, 6.07) is 5.66. The van der Waals surface area contributed by atoms with Gasteiger partial charge < -0.3 is 30.7 Å². The van der Waals surface area contributed by atoms with Crippen molar-refractivity contribution in [1.82, 2.24) is 25.8 Å². The maximum absolute atomic E-state index is 13.7. The predicted molar refractivity (Wildman–Crippen MR) is 144 cm³/mol. The van der Waals surface area contributed by atoms with Crippen LogP contribution >= 0.6 is 11.3 Å². The lowest BCUT2D eigenvalue weighted by Crippen LogP contribution is -2.61. The second-order valence-electron chi connectivity index (χ2n) is 11.0. The van der Waals surface area contributed by atoms with Crippen molar-refractivity contribution in [3.05, 3.63) is 41.0 Å². The van der Waals surface area contributed by atoms with Gasteiger partial charge in [0, 0.05) is 26.1 Å². The minimum atomic E-state index is -0.873. The van der Waals surface area contributed by atoms with Gasteiger partial charge in [0.1, 0.15) is 18.1 Å². The first kappa shape index (κ1) is 28.2. The summed E-state index contributed by atoms with van der Waals surface area (Å²) in [5, 5.41) is 19.3. The third-order valence-electron chi connectivity index (χ3n) is 6.93. The summed E-state index contributed by atoms with van der Waals surface area (Å²) in [5.74, 6) is -1.04. The van der Waals surface area contributed by atoms with Crippen LogP contribution in [0.4, 0.5) is 0 Å². The molecule has 4 N–H and O–H groups in total. The first-order chi connectivity index (χ1) is 18.0. The molecule has 2 saturated heterocycles. The number of carbonyl (C=O) groups is 3. The Kier molecular flexibility index (Phi) is 8.81. The van der Waals surface area contributed by atoms with Crippen LogP contribution in [-0.4, -0.2) is 83.2 Å². The van der Waals surface area contributed by atoms with Crippen LogP contribution in [0.25, 0.3) is 10.4 Å². The molecule has 0 saturated carbocycles. The van der Waals surface area contributed by atoms with Gasteiger partial charge in [-0.2, -0.15) is 0 Å². The van der Waals surface area contributed by atoms with E-state index in [0.29, 0.717) is 19.7 Å². The van der Waals surface area contributed by atoms with Crippen molar-refractivity contribution in [3.8, 4) is 10.4 Å². The Morgan fingerprint density at radius 3 is 2.58 bits per heavy atom. The number of nitrogens with one attached hydrogen (secondary N) is 3. The van der Waals surface area contributed by atoms with Crippen LogP contribution in [0.5, 0.6) is 0 Å². The maximum atomic E-state index is 13.7. The lowest BCUT2D eigenvalue weighted by atomic mass is 9.85. The smallest absolute Gasteiger partial charge is 0.246 e. The zero-order valence-corrected chi connectivity index (χ0v) is 23.1. The van der Waals surface area contributed by atoms with E-state index in [1.54, 1.807) is 11.3 Å². The normalized spacial score (nSPS) is 22.7. The number of aliphatic hydroxyl groups excluding tert-OH is 1. The van der Waals surface area contributed by atoms with Gasteiger partial charge in [-0.25, -0.2) is 4.98 Å². The molecule has 11 heteroatoms. The van der Waals surface area contributed by atoms with Crippen LogP contribution in [0, 0.1) is 12.3 Å². The van der Waals surface area contributed by atoms with Crippen LogP contribution in [0.15, 0.2) is 29.8 Å². The average Bonchev–Trinajstić information content (AvgIpc) is 3.50.